The van der Waals surface area contributed by atoms with E-state index < -0.39 is 11.9 Å². The second-order valence-corrected chi connectivity index (χ2v) is 8.95. The fourth-order valence-electron chi connectivity index (χ4n) is 3.83. The Labute approximate surface area is 179 Å². The smallest absolute Gasteiger partial charge is 0.345 e. The van der Waals surface area contributed by atoms with Crippen LogP contribution in [0.3, 0.4) is 0 Å². The lowest BCUT2D eigenvalue weighted by atomic mass is 9.90. The van der Waals surface area contributed by atoms with Gasteiger partial charge in [-0.3, -0.25) is 0 Å². The van der Waals surface area contributed by atoms with Gasteiger partial charge in [0.25, 0.3) is 0 Å². The molecular weight excluding hydrogens is 416 g/mol. The summed E-state index contributed by atoms with van der Waals surface area (Å²) in [6, 6.07) is 23.0. The Morgan fingerprint density at radius 2 is 0.867 bits per heavy atom. The molecule has 5 aromatic rings. The average molecular weight is 431 g/mol. The Morgan fingerprint density at radius 1 is 0.533 bits per heavy atom. The fourth-order valence-corrected chi connectivity index (χ4v) is 5.67. The van der Waals surface area contributed by atoms with E-state index in [-0.39, 0.29) is 0 Å². The van der Waals surface area contributed by atoms with Crippen LogP contribution in [0, 0.1) is 0 Å². The molecule has 0 radical (unpaired) electrons. The van der Waals surface area contributed by atoms with Crippen molar-refractivity contribution in [2.75, 3.05) is 0 Å². The van der Waals surface area contributed by atoms with Crippen LogP contribution in [0.25, 0.3) is 42.4 Å². The predicted octanol–water partition coefficient (Wildman–Crippen LogP) is 6.85. The number of thiophene rings is 2. The van der Waals surface area contributed by atoms with Gasteiger partial charge in [-0.25, -0.2) is 9.59 Å². The summed E-state index contributed by atoms with van der Waals surface area (Å²) in [7, 11) is 0. The highest BCUT2D eigenvalue weighted by Gasteiger charge is 2.20. The summed E-state index contributed by atoms with van der Waals surface area (Å²) in [5.74, 6) is -1.87. The highest BCUT2D eigenvalue weighted by Crippen LogP contribution is 2.46. The minimum Gasteiger partial charge on any atom is -0.477 e. The zero-order chi connectivity index (χ0) is 20.8. The number of aromatic carboxylic acids is 2. The van der Waals surface area contributed by atoms with E-state index in [0.29, 0.717) is 9.75 Å². The topological polar surface area (TPSA) is 74.6 Å². The summed E-state index contributed by atoms with van der Waals surface area (Å²) >= 11 is 2.52. The highest BCUT2D eigenvalue weighted by atomic mass is 32.1. The second kappa shape index (κ2) is 7.09. The van der Waals surface area contributed by atoms with Gasteiger partial charge < -0.3 is 10.2 Å². The zero-order valence-corrected chi connectivity index (χ0v) is 17.1. The van der Waals surface area contributed by atoms with Gasteiger partial charge in [0.05, 0.1) is 0 Å². The lowest BCUT2D eigenvalue weighted by molar-refractivity contribution is 0.0691. The van der Waals surface area contributed by atoms with Crippen LogP contribution in [-0.4, -0.2) is 22.2 Å². The molecule has 2 N–H and O–H groups in total. The Bertz CT molecular complexity index is 1290. The van der Waals surface area contributed by atoms with E-state index in [4.69, 9.17) is 0 Å². The van der Waals surface area contributed by atoms with E-state index in [1.807, 2.05) is 60.7 Å². The maximum absolute atomic E-state index is 11.4. The molecule has 0 aliphatic rings. The van der Waals surface area contributed by atoms with Gasteiger partial charge in [0, 0.05) is 20.9 Å². The van der Waals surface area contributed by atoms with Crippen LogP contribution in [0.5, 0.6) is 0 Å². The van der Waals surface area contributed by atoms with Crippen molar-refractivity contribution in [1.29, 1.82) is 0 Å². The van der Waals surface area contributed by atoms with Crippen LogP contribution >= 0.6 is 22.7 Å². The van der Waals surface area contributed by atoms with Crippen molar-refractivity contribution in [1.82, 2.24) is 0 Å². The van der Waals surface area contributed by atoms with Crippen molar-refractivity contribution in [3.8, 4) is 20.9 Å². The first kappa shape index (κ1) is 18.5. The SMILES string of the molecule is O=C(O)c1ccc(-c2c3ccccc3c(-c3ccc(C(=O)O)s3)c3ccccc23)s1. The molecule has 0 bridgehead atoms. The lowest BCUT2D eigenvalue weighted by Gasteiger charge is -2.15. The summed E-state index contributed by atoms with van der Waals surface area (Å²) in [6.45, 7) is 0. The molecule has 0 spiro atoms. The molecule has 0 fully saturated rings. The third kappa shape index (κ3) is 2.89. The van der Waals surface area contributed by atoms with Crippen LogP contribution in [0.15, 0.2) is 72.8 Å². The van der Waals surface area contributed by atoms with E-state index in [9.17, 15) is 19.8 Å². The summed E-state index contributed by atoms with van der Waals surface area (Å²) in [5, 5.41) is 22.8. The molecule has 0 unspecified atom stereocenters. The van der Waals surface area contributed by atoms with E-state index in [0.717, 1.165) is 42.4 Å². The average Bonchev–Trinajstić information content (AvgIpc) is 3.42. The quantitative estimate of drug-likeness (QED) is 0.306. The standard InChI is InChI=1S/C24H14O4S2/c25-23(26)19-11-9-17(29-19)21-13-5-1-2-6-14(13)22(16-8-4-3-7-15(16)21)18-10-12-20(30-18)24(27)28/h1-12H,(H,25,26)(H,27,28). The van der Waals surface area contributed by atoms with Gasteiger partial charge in [-0.1, -0.05) is 48.5 Å². The van der Waals surface area contributed by atoms with E-state index in [2.05, 4.69) is 0 Å². The normalized spacial score (nSPS) is 11.2. The molecule has 146 valence electrons. The molecule has 0 amide bonds. The summed E-state index contributed by atoms with van der Waals surface area (Å²) < 4.78 is 0. The molecule has 0 saturated heterocycles. The number of fused-ring (bicyclic) bond motifs is 2. The van der Waals surface area contributed by atoms with Crippen LogP contribution in [0.1, 0.15) is 19.3 Å². The van der Waals surface area contributed by atoms with Crippen molar-refractivity contribution in [2.45, 2.75) is 0 Å². The Hall–Kier alpha value is -3.48. The van der Waals surface area contributed by atoms with Gasteiger partial charge in [-0.05, 0) is 45.8 Å². The first-order valence-electron chi connectivity index (χ1n) is 9.15. The number of carboxylic acid groups (broad SMARTS) is 2. The Balaban J connectivity index is 1.91. The van der Waals surface area contributed by atoms with Crippen molar-refractivity contribution < 1.29 is 19.8 Å². The van der Waals surface area contributed by atoms with Crippen LogP contribution in [0.4, 0.5) is 0 Å². The summed E-state index contributed by atoms with van der Waals surface area (Å²) in [6.07, 6.45) is 0. The van der Waals surface area contributed by atoms with Crippen LogP contribution in [-0.2, 0) is 0 Å². The summed E-state index contributed by atoms with van der Waals surface area (Å²) in [5.41, 5.74) is 2.00. The van der Waals surface area contributed by atoms with Crippen LogP contribution in [0.2, 0.25) is 0 Å². The molecule has 4 nitrogen and oxygen atoms in total. The molecule has 0 aliphatic carbocycles. The number of hydrogen-bond acceptors (Lipinski definition) is 4. The minimum atomic E-state index is -0.934. The van der Waals surface area contributed by atoms with E-state index in [1.54, 1.807) is 12.1 Å². The van der Waals surface area contributed by atoms with Crippen molar-refractivity contribution in [3.63, 3.8) is 0 Å². The number of rotatable bonds is 4. The maximum Gasteiger partial charge on any atom is 0.345 e. The largest absolute Gasteiger partial charge is 0.477 e. The van der Waals surface area contributed by atoms with Crippen molar-refractivity contribution in [3.05, 3.63) is 82.6 Å². The molecule has 2 heterocycles. The van der Waals surface area contributed by atoms with E-state index in [1.165, 1.54) is 22.7 Å². The summed E-state index contributed by atoms with van der Waals surface area (Å²) in [4.78, 5) is 25.2. The lowest BCUT2D eigenvalue weighted by Crippen LogP contribution is -1.90. The van der Waals surface area contributed by atoms with Crippen molar-refractivity contribution >= 4 is 56.2 Å². The molecule has 3 aromatic carbocycles. The van der Waals surface area contributed by atoms with Gasteiger partial charge in [0.2, 0.25) is 0 Å². The molecule has 0 atom stereocenters. The fraction of sp³-hybridized carbons (Fsp3) is 0. The van der Waals surface area contributed by atoms with Gasteiger partial charge in [-0.2, -0.15) is 0 Å². The Kier molecular flexibility index (Phi) is 4.38. The predicted molar refractivity (Wildman–Crippen MR) is 122 cm³/mol. The minimum absolute atomic E-state index is 0.298. The molecule has 0 saturated carbocycles. The van der Waals surface area contributed by atoms with Gasteiger partial charge in [0.15, 0.2) is 0 Å². The zero-order valence-electron chi connectivity index (χ0n) is 15.5. The third-order valence-corrected chi connectivity index (χ3v) is 7.24. The molecule has 0 aliphatic heterocycles. The van der Waals surface area contributed by atoms with E-state index >= 15 is 0 Å². The van der Waals surface area contributed by atoms with Gasteiger partial charge in [-0.15, -0.1) is 22.7 Å². The monoisotopic (exact) mass is 430 g/mol. The third-order valence-electron chi connectivity index (χ3n) is 5.06. The number of carbonyl (C=O) groups is 2. The Morgan fingerprint density at radius 3 is 1.13 bits per heavy atom. The molecular formula is C24H14O4S2. The second-order valence-electron chi connectivity index (χ2n) is 6.78. The maximum atomic E-state index is 11.4. The number of hydrogen-bond donors (Lipinski definition) is 2. The molecule has 6 heteroatoms. The number of benzene rings is 3. The first-order valence-corrected chi connectivity index (χ1v) is 10.8. The van der Waals surface area contributed by atoms with Gasteiger partial charge in [0.1, 0.15) is 9.75 Å². The molecule has 30 heavy (non-hydrogen) atoms. The molecule has 5 rings (SSSR count). The first-order chi connectivity index (χ1) is 14.5. The molecule has 2 aromatic heterocycles. The van der Waals surface area contributed by atoms with Crippen LogP contribution < -0.4 is 0 Å². The number of carboxylic acids is 2. The highest BCUT2D eigenvalue weighted by molar-refractivity contribution is 7.18. The van der Waals surface area contributed by atoms with Gasteiger partial charge >= 0.3 is 11.9 Å². The van der Waals surface area contributed by atoms with Crippen molar-refractivity contribution in [2.24, 2.45) is 0 Å².